The predicted molar refractivity (Wildman–Crippen MR) is 79.3 cm³/mol. The van der Waals surface area contributed by atoms with Crippen molar-refractivity contribution < 1.29 is 8.42 Å². The number of thiazole rings is 1. The SMILES string of the molecule is Cc1cnc(CNS(=O)(=O)c2[nH]ncc2CNC2CC2)s1. The number of aromatic nitrogens is 3. The quantitative estimate of drug-likeness (QED) is 0.702. The summed E-state index contributed by atoms with van der Waals surface area (Å²) in [5.74, 6) is 0. The third-order valence-corrected chi connectivity index (χ3v) is 5.52. The molecule has 0 spiro atoms. The van der Waals surface area contributed by atoms with E-state index >= 15 is 0 Å². The minimum atomic E-state index is -3.61. The molecule has 2 heterocycles. The number of H-pyrrole nitrogens is 1. The lowest BCUT2D eigenvalue weighted by atomic mass is 10.3. The van der Waals surface area contributed by atoms with Crippen molar-refractivity contribution in [3.8, 4) is 0 Å². The zero-order chi connectivity index (χ0) is 14.9. The maximum Gasteiger partial charge on any atom is 0.258 e. The third-order valence-electron chi connectivity index (χ3n) is 3.19. The Morgan fingerprint density at radius 1 is 1.38 bits per heavy atom. The third kappa shape index (κ3) is 3.67. The van der Waals surface area contributed by atoms with Gasteiger partial charge < -0.3 is 5.32 Å². The first-order valence-electron chi connectivity index (χ1n) is 6.71. The van der Waals surface area contributed by atoms with Crippen LogP contribution in [0, 0.1) is 6.92 Å². The van der Waals surface area contributed by atoms with Gasteiger partial charge in [0.2, 0.25) is 0 Å². The Morgan fingerprint density at radius 2 is 2.19 bits per heavy atom. The average Bonchev–Trinajstić information content (AvgIpc) is 2.97. The Hall–Kier alpha value is -1.29. The van der Waals surface area contributed by atoms with Crippen LogP contribution in [0.2, 0.25) is 0 Å². The topological polar surface area (TPSA) is 99.8 Å². The Morgan fingerprint density at radius 3 is 2.86 bits per heavy atom. The van der Waals surface area contributed by atoms with E-state index in [1.54, 1.807) is 12.4 Å². The number of rotatable bonds is 7. The normalized spacial score (nSPS) is 15.5. The van der Waals surface area contributed by atoms with Crippen LogP contribution >= 0.6 is 11.3 Å². The summed E-state index contributed by atoms with van der Waals surface area (Å²) < 4.78 is 27.2. The molecule has 9 heteroatoms. The molecule has 2 aromatic heterocycles. The van der Waals surface area contributed by atoms with E-state index in [0.717, 1.165) is 22.7 Å². The highest BCUT2D eigenvalue weighted by Gasteiger charge is 2.24. The summed E-state index contributed by atoms with van der Waals surface area (Å²) in [5.41, 5.74) is 0.657. The van der Waals surface area contributed by atoms with Gasteiger partial charge in [0.05, 0.1) is 12.7 Å². The predicted octanol–water partition coefficient (Wildman–Crippen LogP) is 0.905. The molecule has 1 aliphatic rings. The molecule has 0 bridgehead atoms. The Kier molecular flexibility index (Phi) is 4.07. The first kappa shape index (κ1) is 14.6. The van der Waals surface area contributed by atoms with Gasteiger partial charge in [-0.25, -0.2) is 18.1 Å². The van der Waals surface area contributed by atoms with Gasteiger partial charge in [0.25, 0.3) is 10.0 Å². The maximum atomic E-state index is 12.3. The molecule has 0 aromatic carbocycles. The highest BCUT2D eigenvalue weighted by molar-refractivity contribution is 7.89. The zero-order valence-corrected chi connectivity index (χ0v) is 13.2. The van der Waals surface area contributed by atoms with Gasteiger partial charge >= 0.3 is 0 Å². The minimum absolute atomic E-state index is 0.129. The second-order valence-corrected chi connectivity index (χ2v) is 8.09. The second-order valence-electron chi connectivity index (χ2n) is 5.07. The fourth-order valence-corrected chi connectivity index (χ4v) is 3.84. The van der Waals surface area contributed by atoms with Gasteiger partial charge in [0.15, 0.2) is 5.03 Å². The van der Waals surface area contributed by atoms with E-state index in [9.17, 15) is 8.42 Å². The van der Waals surface area contributed by atoms with Gasteiger partial charge in [-0.15, -0.1) is 11.3 Å². The summed E-state index contributed by atoms with van der Waals surface area (Å²) in [7, 11) is -3.61. The smallest absolute Gasteiger partial charge is 0.258 e. The van der Waals surface area contributed by atoms with Crippen LogP contribution in [0.4, 0.5) is 0 Å². The van der Waals surface area contributed by atoms with Crippen molar-refractivity contribution in [3.63, 3.8) is 0 Å². The van der Waals surface area contributed by atoms with Crippen LogP contribution in [-0.4, -0.2) is 29.6 Å². The van der Waals surface area contributed by atoms with Crippen molar-refractivity contribution in [2.24, 2.45) is 0 Å². The Labute approximate surface area is 127 Å². The van der Waals surface area contributed by atoms with Crippen molar-refractivity contribution in [2.45, 2.75) is 43.9 Å². The standard InChI is InChI=1S/C12H17N5O2S2/c1-8-4-14-11(20-8)7-16-21(18,19)12-9(6-15-17-12)5-13-10-2-3-10/h4,6,10,13,16H,2-3,5,7H2,1H3,(H,15,17). The Balaban J connectivity index is 1.67. The van der Waals surface area contributed by atoms with Crippen LogP contribution in [0.3, 0.4) is 0 Å². The fraction of sp³-hybridized carbons (Fsp3) is 0.500. The lowest BCUT2D eigenvalue weighted by Crippen LogP contribution is -2.25. The molecule has 0 atom stereocenters. The van der Waals surface area contributed by atoms with Crippen molar-refractivity contribution in [1.82, 2.24) is 25.2 Å². The van der Waals surface area contributed by atoms with Gasteiger partial charge in [-0.3, -0.25) is 5.10 Å². The van der Waals surface area contributed by atoms with Crippen LogP contribution in [0.5, 0.6) is 0 Å². The number of sulfonamides is 1. The number of nitrogens with one attached hydrogen (secondary N) is 3. The summed E-state index contributed by atoms with van der Waals surface area (Å²) in [6.07, 6.45) is 5.59. The van der Waals surface area contributed by atoms with Gasteiger partial charge in [-0.1, -0.05) is 0 Å². The molecule has 3 rings (SSSR count). The molecule has 1 fully saturated rings. The van der Waals surface area contributed by atoms with E-state index in [1.807, 2.05) is 6.92 Å². The molecule has 3 N–H and O–H groups in total. The molecule has 0 radical (unpaired) electrons. The van der Waals surface area contributed by atoms with E-state index in [0.29, 0.717) is 18.2 Å². The fourth-order valence-electron chi connectivity index (χ4n) is 1.91. The van der Waals surface area contributed by atoms with E-state index in [2.05, 4.69) is 25.2 Å². The lowest BCUT2D eigenvalue weighted by molar-refractivity contribution is 0.573. The molecule has 0 saturated heterocycles. The van der Waals surface area contributed by atoms with Crippen LogP contribution in [0.15, 0.2) is 17.4 Å². The number of hydrogen-bond donors (Lipinski definition) is 3. The molecule has 0 unspecified atom stereocenters. The second kappa shape index (κ2) is 5.84. The molecule has 114 valence electrons. The van der Waals surface area contributed by atoms with E-state index < -0.39 is 10.0 Å². The molecule has 2 aromatic rings. The summed E-state index contributed by atoms with van der Waals surface area (Å²) in [5, 5.41) is 10.6. The van der Waals surface area contributed by atoms with Gasteiger partial charge in [0.1, 0.15) is 5.01 Å². The molecular weight excluding hydrogens is 310 g/mol. The van der Waals surface area contributed by atoms with Crippen LogP contribution in [-0.2, 0) is 23.1 Å². The lowest BCUT2D eigenvalue weighted by Gasteiger charge is -2.06. The molecule has 1 aliphatic carbocycles. The minimum Gasteiger partial charge on any atom is -0.310 e. The van der Waals surface area contributed by atoms with Crippen LogP contribution < -0.4 is 10.0 Å². The van der Waals surface area contributed by atoms with Crippen molar-refractivity contribution in [1.29, 1.82) is 0 Å². The first-order valence-corrected chi connectivity index (χ1v) is 9.01. The van der Waals surface area contributed by atoms with E-state index in [1.165, 1.54) is 11.3 Å². The number of hydrogen-bond acceptors (Lipinski definition) is 6. The Bertz CT molecular complexity index is 718. The van der Waals surface area contributed by atoms with Crippen molar-refractivity contribution >= 4 is 21.4 Å². The molecule has 0 aliphatic heterocycles. The number of aryl methyl sites for hydroxylation is 1. The van der Waals surface area contributed by atoms with Gasteiger partial charge in [-0.2, -0.15) is 5.10 Å². The summed E-state index contributed by atoms with van der Waals surface area (Å²) in [4.78, 5) is 5.20. The van der Waals surface area contributed by atoms with E-state index in [-0.39, 0.29) is 11.6 Å². The summed E-state index contributed by atoms with van der Waals surface area (Å²) in [6, 6.07) is 0.515. The highest BCUT2D eigenvalue weighted by atomic mass is 32.2. The molecule has 0 amide bonds. The molecular formula is C12H17N5O2S2. The molecule has 7 nitrogen and oxygen atoms in total. The number of nitrogens with zero attached hydrogens (tertiary/aromatic N) is 2. The monoisotopic (exact) mass is 327 g/mol. The highest BCUT2D eigenvalue weighted by Crippen LogP contribution is 2.20. The van der Waals surface area contributed by atoms with Crippen LogP contribution in [0.1, 0.15) is 28.3 Å². The summed E-state index contributed by atoms with van der Waals surface area (Å²) in [6.45, 7) is 2.63. The largest absolute Gasteiger partial charge is 0.310 e. The first-order chi connectivity index (χ1) is 10.0. The molecule has 1 saturated carbocycles. The average molecular weight is 327 g/mol. The van der Waals surface area contributed by atoms with Crippen molar-refractivity contribution in [2.75, 3.05) is 0 Å². The maximum absolute atomic E-state index is 12.3. The van der Waals surface area contributed by atoms with Gasteiger partial charge in [-0.05, 0) is 19.8 Å². The van der Waals surface area contributed by atoms with Crippen molar-refractivity contribution in [3.05, 3.63) is 27.8 Å². The van der Waals surface area contributed by atoms with Crippen LogP contribution in [0.25, 0.3) is 0 Å². The van der Waals surface area contributed by atoms with E-state index in [4.69, 9.17) is 0 Å². The van der Waals surface area contributed by atoms with Gasteiger partial charge in [0, 0.05) is 29.2 Å². The summed E-state index contributed by atoms with van der Waals surface area (Å²) >= 11 is 1.48. The zero-order valence-electron chi connectivity index (χ0n) is 11.6. The molecule has 21 heavy (non-hydrogen) atoms. The number of aromatic amines is 1.